The average molecular weight is 490 g/mol. The topological polar surface area (TPSA) is 56.7 Å². The Morgan fingerprint density at radius 1 is 1.19 bits per heavy atom. The van der Waals surface area contributed by atoms with Crippen LogP contribution in [0, 0.1) is 5.41 Å². The summed E-state index contributed by atoms with van der Waals surface area (Å²) >= 11 is 1.82. The Kier molecular flexibility index (Phi) is 10.4. The molecule has 1 saturated carbocycles. The van der Waals surface area contributed by atoms with Gasteiger partial charge in [-0.3, -0.25) is 9.79 Å². The second-order valence-corrected chi connectivity index (χ2v) is 7.87. The zero-order valence-corrected chi connectivity index (χ0v) is 19.1. The third kappa shape index (κ3) is 6.64. The standard InChI is InChI=1S/C19H30N4OS.HI/c1-20-18(21-13-14-25-16-9-5-4-6-10-16)22-15-19(11-7-8-12-19)17(24)23(2)3;/h4-6,9-10H,7-8,11-15H2,1-3H3,(H2,20,21,22);1H. The Bertz CT molecular complexity index is 574. The van der Waals surface area contributed by atoms with Gasteiger partial charge in [0.1, 0.15) is 0 Å². The fraction of sp³-hybridized carbons (Fsp3) is 0.579. The number of hydrogen-bond acceptors (Lipinski definition) is 3. The molecule has 5 nitrogen and oxygen atoms in total. The number of benzene rings is 1. The number of thioether (sulfide) groups is 1. The number of carbonyl (C=O) groups is 1. The molecule has 7 heteroatoms. The molecule has 0 aliphatic heterocycles. The van der Waals surface area contributed by atoms with Gasteiger partial charge >= 0.3 is 0 Å². The summed E-state index contributed by atoms with van der Waals surface area (Å²) in [5, 5.41) is 6.71. The monoisotopic (exact) mass is 490 g/mol. The number of nitrogens with zero attached hydrogens (tertiary/aromatic N) is 2. The molecule has 26 heavy (non-hydrogen) atoms. The van der Waals surface area contributed by atoms with Crippen LogP contribution >= 0.6 is 35.7 Å². The molecule has 0 aromatic heterocycles. The average Bonchev–Trinajstić information content (AvgIpc) is 3.11. The van der Waals surface area contributed by atoms with Gasteiger partial charge in [-0.2, -0.15) is 0 Å². The summed E-state index contributed by atoms with van der Waals surface area (Å²) < 4.78 is 0. The number of carbonyl (C=O) groups excluding carboxylic acids is 1. The third-order valence-corrected chi connectivity index (χ3v) is 5.66. The fourth-order valence-electron chi connectivity index (χ4n) is 3.32. The van der Waals surface area contributed by atoms with Crippen molar-refractivity contribution in [2.45, 2.75) is 30.6 Å². The zero-order valence-electron chi connectivity index (χ0n) is 16.0. The van der Waals surface area contributed by atoms with Crippen LogP contribution in [0.4, 0.5) is 0 Å². The van der Waals surface area contributed by atoms with Gasteiger partial charge in [0.15, 0.2) is 5.96 Å². The van der Waals surface area contributed by atoms with E-state index in [1.54, 1.807) is 11.9 Å². The van der Waals surface area contributed by atoms with E-state index in [-0.39, 0.29) is 35.3 Å². The lowest BCUT2D eigenvalue weighted by Gasteiger charge is -2.31. The van der Waals surface area contributed by atoms with Crippen molar-refractivity contribution in [3.05, 3.63) is 30.3 Å². The van der Waals surface area contributed by atoms with E-state index in [9.17, 15) is 4.79 Å². The van der Waals surface area contributed by atoms with Gasteiger partial charge in [-0.25, -0.2) is 0 Å². The van der Waals surface area contributed by atoms with Crippen LogP contribution in [0.5, 0.6) is 0 Å². The van der Waals surface area contributed by atoms with E-state index in [0.717, 1.165) is 43.9 Å². The molecule has 0 atom stereocenters. The number of nitrogens with one attached hydrogen (secondary N) is 2. The van der Waals surface area contributed by atoms with Crippen molar-refractivity contribution in [2.75, 3.05) is 40.0 Å². The maximum atomic E-state index is 12.6. The molecule has 1 aliphatic carbocycles. The smallest absolute Gasteiger partial charge is 0.230 e. The molecule has 146 valence electrons. The SMILES string of the molecule is CN=C(NCCSc1ccccc1)NCC1(C(=O)N(C)C)CCCC1.I. The molecule has 0 bridgehead atoms. The summed E-state index contributed by atoms with van der Waals surface area (Å²) in [4.78, 5) is 19.9. The van der Waals surface area contributed by atoms with Gasteiger partial charge in [-0.1, -0.05) is 31.0 Å². The highest BCUT2D eigenvalue weighted by Crippen LogP contribution is 2.38. The van der Waals surface area contributed by atoms with E-state index >= 15 is 0 Å². The molecule has 0 unspecified atom stereocenters. The van der Waals surface area contributed by atoms with Crippen LogP contribution < -0.4 is 10.6 Å². The van der Waals surface area contributed by atoms with Gasteiger partial charge in [0.2, 0.25) is 5.91 Å². The Morgan fingerprint density at radius 3 is 2.42 bits per heavy atom. The number of rotatable bonds is 7. The van der Waals surface area contributed by atoms with E-state index in [1.807, 2.05) is 31.9 Å². The van der Waals surface area contributed by atoms with Gasteiger partial charge in [0.05, 0.1) is 5.41 Å². The highest BCUT2D eigenvalue weighted by atomic mass is 127. The first kappa shape index (κ1) is 23.1. The van der Waals surface area contributed by atoms with Gasteiger partial charge < -0.3 is 15.5 Å². The van der Waals surface area contributed by atoms with E-state index in [1.165, 1.54) is 4.90 Å². The maximum Gasteiger partial charge on any atom is 0.230 e. The first-order valence-electron chi connectivity index (χ1n) is 8.91. The van der Waals surface area contributed by atoms with Crippen molar-refractivity contribution in [1.29, 1.82) is 0 Å². The van der Waals surface area contributed by atoms with Crippen LogP contribution in [-0.4, -0.2) is 56.8 Å². The van der Waals surface area contributed by atoms with Gasteiger partial charge in [0, 0.05) is 44.9 Å². The molecule has 1 fully saturated rings. The van der Waals surface area contributed by atoms with Crippen molar-refractivity contribution in [3.63, 3.8) is 0 Å². The van der Waals surface area contributed by atoms with Crippen LogP contribution in [0.25, 0.3) is 0 Å². The lowest BCUT2D eigenvalue weighted by molar-refractivity contribution is -0.138. The summed E-state index contributed by atoms with van der Waals surface area (Å²) in [5.74, 6) is 1.96. The van der Waals surface area contributed by atoms with Crippen molar-refractivity contribution in [2.24, 2.45) is 10.4 Å². The highest BCUT2D eigenvalue weighted by Gasteiger charge is 2.42. The second kappa shape index (κ2) is 11.7. The van der Waals surface area contributed by atoms with E-state index in [2.05, 4.69) is 39.9 Å². The molecular weight excluding hydrogens is 459 g/mol. The van der Waals surface area contributed by atoms with Crippen molar-refractivity contribution in [3.8, 4) is 0 Å². The first-order chi connectivity index (χ1) is 12.1. The number of aliphatic imine (C=N–C) groups is 1. The van der Waals surface area contributed by atoms with Crippen LogP contribution in [0.1, 0.15) is 25.7 Å². The minimum absolute atomic E-state index is 0. The number of halogens is 1. The number of guanidine groups is 1. The van der Waals surface area contributed by atoms with Gasteiger partial charge in [0.25, 0.3) is 0 Å². The molecule has 1 aromatic carbocycles. The molecule has 0 radical (unpaired) electrons. The highest BCUT2D eigenvalue weighted by molar-refractivity contribution is 14.0. The Hall–Kier alpha value is -0.960. The van der Waals surface area contributed by atoms with Crippen molar-refractivity contribution >= 4 is 47.6 Å². The van der Waals surface area contributed by atoms with Crippen LogP contribution in [0.3, 0.4) is 0 Å². The Labute approximate surface area is 178 Å². The Balaban J connectivity index is 0.00000338. The second-order valence-electron chi connectivity index (χ2n) is 6.70. The summed E-state index contributed by atoms with van der Waals surface area (Å²) in [7, 11) is 5.46. The van der Waals surface area contributed by atoms with Gasteiger partial charge in [-0.15, -0.1) is 35.7 Å². The maximum absolute atomic E-state index is 12.6. The molecule has 0 saturated heterocycles. The minimum atomic E-state index is -0.278. The lowest BCUT2D eigenvalue weighted by Crippen LogP contribution is -2.49. The molecule has 0 spiro atoms. The van der Waals surface area contributed by atoms with Crippen LogP contribution in [0.2, 0.25) is 0 Å². The molecule has 1 amide bonds. The van der Waals surface area contributed by atoms with Gasteiger partial charge in [-0.05, 0) is 25.0 Å². The van der Waals surface area contributed by atoms with Crippen molar-refractivity contribution in [1.82, 2.24) is 15.5 Å². The van der Waals surface area contributed by atoms with Crippen LogP contribution in [-0.2, 0) is 4.79 Å². The normalized spacial score (nSPS) is 15.9. The molecule has 2 rings (SSSR count). The van der Waals surface area contributed by atoms with Crippen molar-refractivity contribution < 1.29 is 4.79 Å². The predicted molar refractivity (Wildman–Crippen MR) is 122 cm³/mol. The Morgan fingerprint density at radius 2 is 1.85 bits per heavy atom. The largest absolute Gasteiger partial charge is 0.356 e. The number of amides is 1. The summed E-state index contributed by atoms with van der Waals surface area (Å²) in [6.07, 6.45) is 4.16. The molecule has 1 aromatic rings. The third-order valence-electron chi connectivity index (χ3n) is 4.64. The fourth-order valence-corrected chi connectivity index (χ4v) is 4.11. The predicted octanol–water partition coefficient (Wildman–Crippen LogP) is 3.21. The minimum Gasteiger partial charge on any atom is -0.356 e. The zero-order chi connectivity index (χ0) is 18.1. The van der Waals surface area contributed by atoms with E-state index < -0.39 is 0 Å². The molecular formula is C19H31IN4OS. The summed E-state index contributed by atoms with van der Waals surface area (Å²) in [6.45, 7) is 1.48. The lowest BCUT2D eigenvalue weighted by atomic mass is 9.84. The van der Waals surface area contributed by atoms with E-state index in [0.29, 0.717) is 6.54 Å². The first-order valence-corrected chi connectivity index (χ1v) is 9.90. The quantitative estimate of drug-likeness (QED) is 0.203. The van der Waals surface area contributed by atoms with E-state index in [4.69, 9.17) is 0 Å². The molecule has 0 heterocycles. The summed E-state index contributed by atoms with van der Waals surface area (Å²) in [6, 6.07) is 10.4. The number of hydrogen-bond donors (Lipinski definition) is 2. The molecule has 2 N–H and O–H groups in total. The summed E-state index contributed by atoms with van der Waals surface area (Å²) in [5.41, 5.74) is -0.278. The molecule has 1 aliphatic rings. The van der Waals surface area contributed by atoms with Crippen LogP contribution in [0.15, 0.2) is 40.2 Å².